The quantitative estimate of drug-likeness (QED) is 0.759. The first-order valence-electron chi connectivity index (χ1n) is 6.28. The van der Waals surface area contributed by atoms with Gasteiger partial charge in [-0.2, -0.15) is 0 Å². The number of rotatable bonds is 4. The summed E-state index contributed by atoms with van der Waals surface area (Å²) >= 11 is 5.64. The maximum absolute atomic E-state index is 5.72. The van der Waals surface area contributed by atoms with Crippen molar-refractivity contribution in [2.24, 2.45) is 11.8 Å². The molecule has 2 fully saturated rings. The highest BCUT2D eigenvalue weighted by Crippen LogP contribution is 2.60. The molecule has 1 aromatic rings. The van der Waals surface area contributed by atoms with Gasteiger partial charge in [-0.15, -0.1) is 21.8 Å². The third-order valence-corrected chi connectivity index (χ3v) is 4.22. The van der Waals surface area contributed by atoms with Gasteiger partial charge in [-0.1, -0.05) is 12.8 Å². The summed E-state index contributed by atoms with van der Waals surface area (Å²) in [5.74, 6) is 4.58. The van der Waals surface area contributed by atoms with Crippen LogP contribution in [0, 0.1) is 11.8 Å². The molecule has 2 aliphatic carbocycles. The molecule has 16 heavy (non-hydrogen) atoms. The van der Waals surface area contributed by atoms with Crippen LogP contribution in [0.3, 0.4) is 0 Å². The molecule has 3 nitrogen and oxygen atoms in total. The lowest BCUT2D eigenvalue weighted by molar-refractivity contribution is 0.440. The summed E-state index contributed by atoms with van der Waals surface area (Å²) in [6.45, 7) is 0. The number of nitrogens with zero attached hydrogens (tertiary/aromatic N) is 2. The lowest BCUT2D eigenvalue weighted by Gasteiger charge is -2.04. The summed E-state index contributed by atoms with van der Waals surface area (Å²) in [6, 6.07) is 0. The van der Waals surface area contributed by atoms with Crippen molar-refractivity contribution < 1.29 is 4.42 Å². The van der Waals surface area contributed by atoms with Gasteiger partial charge in [-0.3, -0.25) is 0 Å². The Labute approximate surface area is 101 Å². The zero-order valence-corrected chi connectivity index (χ0v) is 10.1. The fourth-order valence-electron chi connectivity index (χ4n) is 3.08. The second-order valence-corrected chi connectivity index (χ2v) is 5.34. The van der Waals surface area contributed by atoms with E-state index in [-0.39, 0.29) is 0 Å². The summed E-state index contributed by atoms with van der Waals surface area (Å²) in [6.07, 6.45) is 7.21. The molecule has 1 heterocycles. The van der Waals surface area contributed by atoms with E-state index in [0.717, 1.165) is 36.5 Å². The van der Waals surface area contributed by atoms with Gasteiger partial charge in [0.2, 0.25) is 11.8 Å². The minimum atomic E-state index is 0.583. The van der Waals surface area contributed by atoms with Gasteiger partial charge >= 0.3 is 0 Å². The van der Waals surface area contributed by atoms with Crippen molar-refractivity contribution in [2.45, 2.75) is 44.4 Å². The fourth-order valence-corrected chi connectivity index (χ4v) is 3.21. The van der Waals surface area contributed by atoms with Crippen molar-refractivity contribution in [3.63, 3.8) is 0 Å². The lowest BCUT2D eigenvalue weighted by Crippen LogP contribution is -1.91. The highest BCUT2D eigenvalue weighted by molar-refractivity contribution is 6.17. The topological polar surface area (TPSA) is 38.9 Å². The van der Waals surface area contributed by atoms with Gasteiger partial charge in [-0.05, 0) is 31.1 Å². The first-order chi connectivity index (χ1) is 7.90. The Balaban J connectivity index is 1.64. The van der Waals surface area contributed by atoms with Gasteiger partial charge in [0, 0.05) is 18.2 Å². The Kier molecular flexibility index (Phi) is 2.88. The van der Waals surface area contributed by atoms with Gasteiger partial charge < -0.3 is 4.42 Å². The van der Waals surface area contributed by atoms with E-state index >= 15 is 0 Å². The molecule has 0 spiro atoms. The number of fused-ring (bicyclic) bond motifs is 1. The molecule has 0 aliphatic heterocycles. The molecule has 2 atom stereocenters. The Hall–Kier alpha value is -0.570. The summed E-state index contributed by atoms with van der Waals surface area (Å²) in [5.41, 5.74) is 0. The van der Waals surface area contributed by atoms with Crippen molar-refractivity contribution in [3.8, 4) is 0 Å². The standard InChI is InChI=1S/C12H17ClN2O/c13-7-3-6-10-14-15-12(16-10)11-8-4-1-2-5-9(8)11/h8-9,11H,1-7H2. The molecule has 0 N–H and O–H groups in total. The zero-order chi connectivity index (χ0) is 11.0. The third kappa shape index (κ3) is 1.86. The van der Waals surface area contributed by atoms with Crippen LogP contribution in [-0.4, -0.2) is 16.1 Å². The summed E-state index contributed by atoms with van der Waals surface area (Å²) in [7, 11) is 0. The fraction of sp³-hybridized carbons (Fsp3) is 0.833. The Morgan fingerprint density at radius 2 is 1.94 bits per heavy atom. The van der Waals surface area contributed by atoms with Crippen LogP contribution in [0.25, 0.3) is 0 Å². The number of alkyl halides is 1. The van der Waals surface area contributed by atoms with Gasteiger partial charge in [0.15, 0.2) is 0 Å². The SMILES string of the molecule is ClCCCc1nnc(C2C3CCCCC32)o1. The molecular weight excluding hydrogens is 224 g/mol. The molecule has 0 radical (unpaired) electrons. The molecule has 2 unspecified atom stereocenters. The largest absolute Gasteiger partial charge is 0.425 e. The van der Waals surface area contributed by atoms with Crippen LogP contribution in [0.2, 0.25) is 0 Å². The van der Waals surface area contributed by atoms with E-state index in [2.05, 4.69) is 10.2 Å². The lowest BCUT2D eigenvalue weighted by atomic mass is 10.0. The van der Waals surface area contributed by atoms with Crippen LogP contribution in [-0.2, 0) is 6.42 Å². The minimum absolute atomic E-state index is 0.583. The first kappa shape index (κ1) is 10.6. The second-order valence-electron chi connectivity index (χ2n) is 4.96. The number of halogens is 1. The Morgan fingerprint density at radius 1 is 1.19 bits per heavy atom. The third-order valence-electron chi connectivity index (χ3n) is 3.95. The number of aromatic nitrogens is 2. The van der Waals surface area contributed by atoms with Crippen LogP contribution in [0.5, 0.6) is 0 Å². The zero-order valence-electron chi connectivity index (χ0n) is 9.36. The van der Waals surface area contributed by atoms with E-state index in [1.165, 1.54) is 25.7 Å². The van der Waals surface area contributed by atoms with Crippen LogP contribution in [0.1, 0.15) is 49.8 Å². The molecule has 3 rings (SSSR count). The molecule has 2 saturated carbocycles. The van der Waals surface area contributed by atoms with Gasteiger partial charge in [0.1, 0.15) is 0 Å². The average molecular weight is 241 g/mol. The van der Waals surface area contributed by atoms with Crippen LogP contribution in [0.4, 0.5) is 0 Å². The van der Waals surface area contributed by atoms with E-state index < -0.39 is 0 Å². The highest BCUT2D eigenvalue weighted by atomic mass is 35.5. The summed E-state index contributed by atoms with van der Waals surface area (Å²) in [4.78, 5) is 0. The Morgan fingerprint density at radius 3 is 2.62 bits per heavy atom. The second kappa shape index (κ2) is 4.36. The van der Waals surface area contributed by atoms with Crippen molar-refractivity contribution in [1.82, 2.24) is 10.2 Å². The number of hydrogen-bond donors (Lipinski definition) is 0. The first-order valence-corrected chi connectivity index (χ1v) is 6.82. The maximum Gasteiger partial charge on any atom is 0.220 e. The van der Waals surface area contributed by atoms with Crippen LogP contribution < -0.4 is 0 Å². The molecule has 0 saturated heterocycles. The van der Waals surface area contributed by atoms with Crippen LogP contribution in [0.15, 0.2) is 4.42 Å². The number of aryl methyl sites for hydroxylation is 1. The molecule has 4 heteroatoms. The van der Waals surface area contributed by atoms with Gasteiger partial charge in [0.25, 0.3) is 0 Å². The van der Waals surface area contributed by atoms with E-state index in [0.29, 0.717) is 11.8 Å². The van der Waals surface area contributed by atoms with E-state index in [1.807, 2.05) is 0 Å². The summed E-state index contributed by atoms with van der Waals surface area (Å²) < 4.78 is 5.72. The molecule has 2 aliphatic rings. The molecule has 0 bridgehead atoms. The monoisotopic (exact) mass is 240 g/mol. The van der Waals surface area contributed by atoms with Crippen molar-refractivity contribution >= 4 is 11.6 Å². The van der Waals surface area contributed by atoms with Gasteiger partial charge in [0.05, 0.1) is 0 Å². The molecule has 88 valence electrons. The molecular formula is C12H17ClN2O. The Bertz CT molecular complexity index is 354. The highest BCUT2D eigenvalue weighted by Gasteiger charge is 2.54. The normalized spacial score (nSPS) is 32.4. The molecule has 0 amide bonds. The predicted molar refractivity (Wildman–Crippen MR) is 61.5 cm³/mol. The molecule has 1 aromatic heterocycles. The summed E-state index contributed by atoms with van der Waals surface area (Å²) in [5, 5.41) is 8.29. The van der Waals surface area contributed by atoms with Crippen LogP contribution >= 0.6 is 11.6 Å². The van der Waals surface area contributed by atoms with Crippen molar-refractivity contribution in [2.75, 3.05) is 5.88 Å². The van der Waals surface area contributed by atoms with Gasteiger partial charge in [-0.25, -0.2) is 0 Å². The average Bonchev–Trinajstić information content (AvgIpc) is 2.87. The maximum atomic E-state index is 5.72. The van der Waals surface area contributed by atoms with Crippen molar-refractivity contribution in [3.05, 3.63) is 11.8 Å². The smallest absolute Gasteiger partial charge is 0.220 e. The minimum Gasteiger partial charge on any atom is -0.425 e. The van der Waals surface area contributed by atoms with E-state index in [4.69, 9.17) is 16.0 Å². The van der Waals surface area contributed by atoms with Crippen molar-refractivity contribution in [1.29, 1.82) is 0 Å². The van der Waals surface area contributed by atoms with E-state index in [1.54, 1.807) is 0 Å². The van der Waals surface area contributed by atoms with E-state index in [9.17, 15) is 0 Å². The predicted octanol–water partition coefficient (Wildman–Crippen LogP) is 3.14. The molecule has 0 aromatic carbocycles. The number of hydrogen-bond acceptors (Lipinski definition) is 3.